The van der Waals surface area contributed by atoms with Crippen LogP contribution in [0, 0.1) is 0 Å². The van der Waals surface area contributed by atoms with Gasteiger partial charge in [-0.2, -0.15) is 0 Å². The molecule has 2 amide bonds. The van der Waals surface area contributed by atoms with Crippen LogP contribution in [-0.2, 0) is 21.9 Å². The van der Waals surface area contributed by atoms with Crippen molar-refractivity contribution in [3.8, 4) is 0 Å². The SMILES string of the molecule is CC(C(=O)NC1CCCC1)N(Cc1ccc(Cl)cc1Cl)C(=O)CSCc1ccc(Cl)c(Cl)c1. The van der Waals surface area contributed by atoms with Crippen LogP contribution >= 0.6 is 58.2 Å². The topological polar surface area (TPSA) is 49.4 Å². The largest absolute Gasteiger partial charge is 0.352 e. The van der Waals surface area contributed by atoms with E-state index in [2.05, 4.69) is 5.32 Å². The minimum Gasteiger partial charge on any atom is -0.352 e. The normalized spacial score (nSPS) is 14.8. The summed E-state index contributed by atoms with van der Waals surface area (Å²) < 4.78 is 0. The van der Waals surface area contributed by atoms with Gasteiger partial charge in [-0.3, -0.25) is 9.59 Å². The number of benzene rings is 2. The predicted octanol–water partition coefficient (Wildman–Crippen LogP) is 7.01. The maximum atomic E-state index is 13.2. The van der Waals surface area contributed by atoms with Crippen LogP contribution in [0.3, 0.4) is 0 Å². The third kappa shape index (κ3) is 7.69. The van der Waals surface area contributed by atoms with E-state index in [1.807, 2.05) is 6.07 Å². The summed E-state index contributed by atoms with van der Waals surface area (Å²) in [5.74, 6) is 0.530. The highest BCUT2D eigenvalue weighted by atomic mass is 35.5. The average Bonchev–Trinajstić information content (AvgIpc) is 3.28. The van der Waals surface area contributed by atoms with E-state index in [1.165, 1.54) is 11.8 Å². The first-order valence-corrected chi connectivity index (χ1v) is 13.5. The fraction of sp³-hybridized carbons (Fsp3) is 0.417. The molecule has 1 fully saturated rings. The van der Waals surface area contributed by atoms with Gasteiger partial charge in [0.05, 0.1) is 15.8 Å². The van der Waals surface area contributed by atoms with Gasteiger partial charge in [0.15, 0.2) is 0 Å². The van der Waals surface area contributed by atoms with Crippen LogP contribution in [0.4, 0.5) is 0 Å². The lowest BCUT2D eigenvalue weighted by atomic mass is 10.1. The number of carbonyl (C=O) groups is 2. The molecule has 4 nitrogen and oxygen atoms in total. The van der Waals surface area contributed by atoms with Gasteiger partial charge in [-0.1, -0.05) is 71.4 Å². The number of nitrogens with zero attached hydrogens (tertiary/aromatic N) is 1. The fourth-order valence-electron chi connectivity index (χ4n) is 3.78. The van der Waals surface area contributed by atoms with Crippen molar-refractivity contribution in [3.63, 3.8) is 0 Å². The van der Waals surface area contributed by atoms with E-state index in [0.717, 1.165) is 36.8 Å². The molecule has 178 valence electrons. The van der Waals surface area contributed by atoms with E-state index in [-0.39, 0.29) is 30.2 Å². The van der Waals surface area contributed by atoms with Crippen molar-refractivity contribution in [3.05, 3.63) is 67.6 Å². The number of amides is 2. The summed E-state index contributed by atoms with van der Waals surface area (Å²) in [5, 5.41) is 5.06. The van der Waals surface area contributed by atoms with Crippen LogP contribution in [0.2, 0.25) is 20.1 Å². The van der Waals surface area contributed by atoms with E-state index in [1.54, 1.807) is 42.2 Å². The second-order valence-corrected chi connectivity index (χ2v) is 10.8. The molecule has 9 heteroatoms. The van der Waals surface area contributed by atoms with Gasteiger partial charge in [-0.05, 0) is 55.2 Å². The summed E-state index contributed by atoms with van der Waals surface area (Å²) in [7, 11) is 0. The minimum absolute atomic E-state index is 0.139. The lowest BCUT2D eigenvalue weighted by molar-refractivity contribution is -0.138. The molecule has 0 bridgehead atoms. The van der Waals surface area contributed by atoms with Gasteiger partial charge in [-0.25, -0.2) is 0 Å². The zero-order chi connectivity index (χ0) is 24.0. The molecule has 0 spiro atoms. The molecule has 33 heavy (non-hydrogen) atoms. The quantitative estimate of drug-likeness (QED) is 0.367. The molecule has 2 aromatic rings. The van der Waals surface area contributed by atoms with Gasteiger partial charge in [0.25, 0.3) is 0 Å². The molecule has 1 N–H and O–H groups in total. The highest BCUT2D eigenvalue weighted by molar-refractivity contribution is 7.99. The zero-order valence-corrected chi connectivity index (χ0v) is 22.1. The first kappa shape index (κ1) is 26.5. The molecule has 1 unspecified atom stereocenters. The van der Waals surface area contributed by atoms with E-state index in [0.29, 0.717) is 25.8 Å². The Bertz CT molecular complexity index is 998. The Kier molecular flexibility index (Phi) is 10.1. The van der Waals surface area contributed by atoms with Crippen molar-refractivity contribution in [2.45, 2.75) is 57.0 Å². The smallest absolute Gasteiger partial charge is 0.242 e. The summed E-state index contributed by atoms with van der Waals surface area (Å²) >= 11 is 25.9. The molecular weight excluding hydrogens is 522 g/mol. The molecule has 0 aliphatic heterocycles. The second-order valence-electron chi connectivity index (χ2n) is 8.16. The van der Waals surface area contributed by atoms with Crippen LogP contribution in [-0.4, -0.2) is 34.6 Å². The van der Waals surface area contributed by atoms with Gasteiger partial charge in [0.1, 0.15) is 6.04 Å². The van der Waals surface area contributed by atoms with Crippen molar-refractivity contribution < 1.29 is 9.59 Å². The average molecular weight is 548 g/mol. The molecule has 0 aromatic heterocycles. The Morgan fingerprint density at radius 1 is 1.03 bits per heavy atom. The zero-order valence-electron chi connectivity index (χ0n) is 18.3. The summed E-state index contributed by atoms with van der Waals surface area (Å²) in [4.78, 5) is 27.8. The summed E-state index contributed by atoms with van der Waals surface area (Å²) in [6, 6.07) is 10.1. The molecule has 1 aliphatic carbocycles. The summed E-state index contributed by atoms with van der Waals surface area (Å²) in [5.41, 5.74) is 1.71. The number of rotatable bonds is 9. The van der Waals surface area contributed by atoms with Crippen molar-refractivity contribution in [2.24, 2.45) is 0 Å². The van der Waals surface area contributed by atoms with E-state index >= 15 is 0 Å². The van der Waals surface area contributed by atoms with E-state index < -0.39 is 6.04 Å². The Balaban J connectivity index is 1.69. The molecular formula is C24H26Cl4N2O2S. The Labute approximate surface area is 219 Å². The van der Waals surface area contributed by atoms with Crippen LogP contribution in [0.5, 0.6) is 0 Å². The Hall–Kier alpha value is -1.11. The first-order valence-electron chi connectivity index (χ1n) is 10.8. The third-order valence-corrected chi connectivity index (χ3v) is 8.02. The Morgan fingerprint density at radius 2 is 1.76 bits per heavy atom. The maximum Gasteiger partial charge on any atom is 0.242 e. The van der Waals surface area contributed by atoms with Crippen molar-refractivity contribution in [1.82, 2.24) is 10.2 Å². The van der Waals surface area contributed by atoms with Crippen LogP contribution in [0.25, 0.3) is 0 Å². The summed E-state index contributed by atoms with van der Waals surface area (Å²) in [6.07, 6.45) is 4.20. The standard InChI is InChI=1S/C24H26Cl4N2O2S/c1-15(24(32)29-19-4-2-3-5-19)30(12-17-7-8-18(25)11-21(17)27)23(31)14-33-13-16-6-9-20(26)22(28)10-16/h6-11,15,19H,2-5,12-14H2,1H3,(H,29,32). The maximum absolute atomic E-state index is 13.2. The molecule has 0 heterocycles. The van der Waals surface area contributed by atoms with Crippen LogP contribution < -0.4 is 5.32 Å². The summed E-state index contributed by atoms with van der Waals surface area (Å²) in [6.45, 7) is 1.98. The highest BCUT2D eigenvalue weighted by Crippen LogP contribution is 2.26. The molecule has 0 radical (unpaired) electrons. The second kappa shape index (κ2) is 12.6. The number of nitrogens with one attached hydrogen (secondary N) is 1. The number of carbonyl (C=O) groups excluding carboxylic acids is 2. The molecule has 0 saturated heterocycles. The van der Waals surface area contributed by atoms with E-state index in [4.69, 9.17) is 46.4 Å². The van der Waals surface area contributed by atoms with Gasteiger partial charge < -0.3 is 10.2 Å². The Morgan fingerprint density at radius 3 is 2.42 bits per heavy atom. The monoisotopic (exact) mass is 546 g/mol. The highest BCUT2D eigenvalue weighted by Gasteiger charge is 2.28. The third-order valence-electron chi connectivity index (χ3n) is 5.70. The minimum atomic E-state index is -0.629. The molecule has 1 saturated carbocycles. The predicted molar refractivity (Wildman–Crippen MR) is 139 cm³/mol. The molecule has 1 atom stereocenters. The lowest BCUT2D eigenvalue weighted by Crippen LogP contribution is -2.50. The number of halogens is 4. The van der Waals surface area contributed by atoms with Crippen molar-refractivity contribution in [1.29, 1.82) is 0 Å². The van der Waals surface area contributed by atoms with Crippen molar-refractivity contribution in [2.75, 3.05) is 5.75 Å². The fourth-order valence-corrected chi connectivity index (χ4v) is 5.42. The van der Waals surface area contributed by atoms with Crippen LogP contribution in [0.15, 0.2) is 36.4 Å². The number of hydrogen-bond acceptors (Lipinski definition) is 3. The van der Waals surface area contributed by atoms with Gasteiger partial charge in [0.2, 0.25) is 11.8 Å². The molecule has 3 rings (SSSR count). The molecule has 2 aromatic carbocycles. The van der Waals surface area contributed by atoms with Crippen LogP contribution in [0.1, 0.15) is 43.7 Å². The number of thioether (sulfide) groups is 1. The lowest BCUT2D eigenvalue weighted by Gasteiger charge is -2.30. The molecule has 1 aliphatic rings. The van der Waals surface area contributed by atoms with Gasteiger partial charge in [0, 0.05) is 28.4 Å². The first-order chi connectivity index (χ1) is 15.7. The van der Waals surface area contributed by atoms with E-state index in [9.17, 15) is 9.59 Å². The van der Waals surface area contributed by atoms with Gasteiger partial charge >= 0.3 is 0 Å². The van der Waals surface area contributed by atoms with Gasteiger partial charge in [-0.15, -0.1) is 11.8 Å². The van der Waals surface area contributed by atoms with Crippen molar-refractivity contribution >= 4 is 70.0 Å². The number of hydrogen-bond donors (Lipinski definition) is 1.